The minimum Gasteiger partial charge on any atom is -0.481 e. The van der Waals surface area contributed by atoms with E-state index < -0.39 is 5.97 Å². The molecule has 3 rings (SSSR count). The van der Waals surface area contributed by atoms with Crippen LogP contribution in [0.5, 0.6) is 0 Å². The van der Waals surface area contributed by atoms with Gasteiger partial charge in [0.2, 0.25) is 0 Å². The van der Waals surface area contributed by atoms with Crippen molar-refractivity contribution in [1.82, 2.24) is 4.90 Å². The summed E-state index contributed by atoms with van der Waals surface area (Å²) in [6.45, 7) is 4.38. The molecule has 0 aromatic heterocycles. The smallest absolute Gasteiger partial charge is 0.307 e. The molecule has 0 amide bonds. The zero-order valence-electron chi connectivity index (χ0n) is 12.1. The highest BCUT2D eigenvalue weighted by Gasteiger charge is 2.29. The van der Waals surface area contributed by atoms with Crippen molar-refractivity contribution < 1.29 is 9.90 Å². The summed E-state index contributed by atoms with van der Waals surface area (Å²) < 4.78 is 0. The number of likely N-dealkylation sites (tertiary alicyclic amines) is 1. The lowest BCUT2D eigenvalue weighted by Gasteiger charge is -2.25. The number of carbonyl (C=O) groups is 1. The Morgan fingerprint density at radius 1 is 1.29 bits per heavy atom. The van der Waals surface area contributed by atoms with Gasteiger partial charge in [0.05, 0.1) is 5.92 Å². The molecule has 21 heavy (non-hydrogen) atoms. The fourth-order valence-electron chi connectivity index (χ4n) is 3.36. The molecule has 0 bridgehead atoms. The summed E-state index contributed by atoms with van der Waals surface area (Å²) in [6, 6.07) is 6.07. The van der Waals surface area contributed by atoms with Crippen molar-refractivity contribution in [2.75, 3.05) is 31.1 Å². The average Bonchev–Trinajstić information content (AvgIpc) is 3.12. The third kappa shape index (κ3) is 3.16. The molecule has 1 atom stereocenters. The first kappa shape index (κ1) is 14.7. The van der Waals surface area contributed by atoms with Crippen molar-refractivity contribution in [2.45, 2.75) is 25.8 Å². The van der Waals surface area contributed by atoms with Crippen LogP contribution in [0.1, 0.15) is 24.8 Å². The summed E-state index contributed by atoms with van der Waals surface area (Å²) in [5.74, 6) is -0.917. The molecular weight excluding hydrogens is 288 g/mol. The van der Waals surface area contributed by atoms with Gasteiger partial charge < -0.3 is 10.0 Å². The molecule has 1 N–H and O–H groups in total. The molecule has 2 heterocycles. The molecule has 1 unspecified atom stereocenters. The number of carboxylic acids is 1. The molecule has 5 heteroatoms. The van der Waals surface area contributed by atoms with E-state index in [1.54, 1.807) is 0 Å². The van der Waals surface area contributed by atoms with Crippen molar-refractivity contribution >= 4 is 23.3 Å². The Morgan fingerprint density at radius 2 is 2.05 bits per heavy atom. The molecule has 1 aromatic carbocycles. The van der Waals surface area contributed by atoms with E-state index in [1.807, 2.05) is 12.1 Å². The van der Waals surface area contributed by atoms with Crippen LogP contribution in [0.3, 0.4) is 0 Å². The Balaban J connectivity index is 1.77. The number of benzene rings is 1. The number of hydrogen-bond donors (Lipinski definition) is 1. The highest BCUT2D eigenvalue weighted by atomic mass is 35.5. The molecule has 0 aliphatic carbocycles. The number of aliphatic carboxylic acids is 1. The first-order valence-corrected chi connectivity index (χ1v) is 8.00. The van der Waals surface area contributed by atoms with Gasteiger partial charge in [0.25, 0.3) is 0 Å². The van der Waals surface area contributed by atoms with Crippen LogP contribution in [0, 0.1) is 5.92 Å². The quantitative estimate of drug-likeness (QED) is 0.929. The lowest BCUT2D eigenvalue weighted by atomic mass is 10.1. The highest BCUT2D eigenvalue weighted by Crippen LogP contribution is 2.32. The van der Waals surface area contributed by atoms with Crippen LogP contribution in [0.25, 0.3) is 0 Å². The number of nitrogens with zero attached hydrogens (tertiary/aromatic N) is 2. The Kier molecular flexibility index (Phi) is 4.36. The second-order valence-corrected chi connectivity index (χ2v) is 6.40. The molecule has 0 radical (unpaired) electrons. The summed E-state index contributed by atoms with van der Waals surface area (Å²) in [5.41, 5.74) is 2.37. The van der Waals surface area contributed by atoms with E-state index in [1.165, 1.54) is 18.5 Å². The molecule has 0 spiro atoms. The minimum absolute atomic E-state index is 0.234. The van der Waals surface area contributed by atoms with Crippen molar-refractivity contribution in [3.05, 3.63) is 28.8 Å². The maximum absolute atomic E-state index is 11.1. The Bertz CT molecular complexity index is 529. The second-order valence-electron chi connectivity index (χ2n) is 5.99. The van der Waals surface area contributed by atoms with E-state index in [-0.39, 0.29) is 5.92 Å². The van der Waals surface area contributed by atoms with E-state index in [9.17, 15) is 4.79 Å². The van der Waals surface area contributed by atoms with Crippen LogP contribution in [-0.2, 0) is 11.3 Å². The molecule has 0 saturated carbocycles. The SMILES string of the molecule is O=C(O)C1CCN(Cc2c(Cl)cccc2N2CCCC2)C1. The van der Waals surface area contributed by atoms with E-state index in [0.717, 1.165) is 43.2 Å². The number of rotatable bonds is 4. The van der Waals surface area contributed by atoms with Crippen LogP contribution >= 0.6 is 11.6 Å². The number of carboxylic acid groups (broad SMARTS) is 1. The summed E-state index contributed by atoms with van der Waals surface area (Å²) in [4.78, 5) is 15.7. The zero-order valence-corrected chi connectivity index (χ0v) is 12.9. The predicted molar refractivity (Wildman–Crippen MR) is 83.9 cm³/mol. The third-order valence-electron chi connectivity index (χ3n) is 4.54. The first-order valence-electron chi connectivity index (χ1n) is 7.62. The van der Waals surface area contributed by atoms with Gasteiger partial charge >= 0.3 is 5.97 Å². The topological polar surface area (TPSA) is 43.8 Å². The molecule has 2 saturated heterocycles. The normalized spacial score (nSPS) is 22.9. The molecule has 1 aromatic rings. The van der Waals surface area contributed by atoms with Gasteiger partial charge in [0, 0.05) is 42.5 Å². The summed E-state index contributed by atoms with van der Waals surface area (Å²) >= 11 is 6.42. The maximum atomic E-state index is 11.1. The van der Waals surface area contributed by atoms with E-state index in [0.29, 0.717) is 6.54 Å². The highest BCUT2D eigenvalue weighted by molar-refractivity contribution is 6.31. The van der Waals surface area contributed by atoms with Gasteiger partial charge in [-0.15, -0.1) is 0 Å². The van der Waals surface area contributed by atoms with E-state index in [2.05, 4.69) is 15.9 Å². The molecule has 2 fully saturated rings. The monoisotopic (exact) mass is 308 g/mol. The Hall–Kier alpha value is -1.26. The number of halogens is 1. The molecule has 2 aliphatic heterocycles. The minimum atomic E-state index is -0.684. The fraction of sp³-hybridized carbons (Fsp3) is 0.562. The summed E-state index contributed by atoms with van der Waals surface area (Å²) in [7, 11) is 0. The van der Waals surface area contributed by atoms with Crippen molar-refractivity contribution in [3.63, 3.8) is 0 Å². The fourth-order valence-corrected chi connectivity index (χ4v) is 3.59. The average molecular weight is 309 g/mol. The lowest BCUT2D eigenvalue weighted by Crippen LogP contribution is -2.25. The van der Waals surface area contributed by atoms with Gasteiger partial charge in [0.1, 0.15) is 0 Å². The number of anilines is 1. The van der Waals surface area contributed by atoms with Crippen LogP contribution in [0.4, 0.5) is 5.69 Å². The maximum Gasteiger partial charge on any atom is 0.307 e. The van der Waals surface area contributed by atoms with Gasteiger partial charge in [-0.3, -0.25) is 9.69 Å². The number of hydrogen-bond acceptors (Lipinski definition) is 3. The van der Waals surface area contributed by atoms with Crippen molar-refractivity contribution in [1.29, 1.82) is 0 Å². The van der Waals surface area contributed by atoms with E-state index >= 15 is 0 Å². The van der Waals surface area contributed by atoms with Crippen molar-refractivity contribution in [3.8, 4) is 0 Å². The van der Waals surface area contributed by atoms with Gasteiger partial charge in [-0.25, -0.2) is 0 Å². The zero-order chi connectivity index (χ0) is 14.8. The van der Waals surface area contributed by atoms with Crippen LogP contribution in [-0.4, -0.2) is 42.2 Å². The van der Waals surface area contributed by atoms with Gasteiger partial charge in [-0.1, -0.05) is 17.7 Å². The molecular formula is C16H21ClN2O2. The van der Waals surface area contributed by atoms with Gasteiger partial charge in [0.15, 0.2) is 0 Å². The van der Waals surface area contributed by atoms with Crippen LogP contribution in [0.15, 0.2) is 18.2 Å². The standard InChI is InChI=1S/C16H21ClN2O2/c17-14-4-3-5-15(19-7-1-2-8-19)13(14)11-18-9-6-12(10-18)16(20)21/h3-5,12H,1-2,6-11H2,(H,20,21). The van der Waals surface area contributed by atoms with Crippen LogP contribution in [0.2, 0.25) is 5.02 Å². The van der Waals surface area contributed by atoms with Gasteiger partial charge in [-0.05, 0) is 37.9 Å². The molecule has 114 valence electrons. The summed E-state index contributed by atoms with van der Waals surface area (Å²) in [6.07, 6.45) is 3.20. The summed E-state index contributed by atoms with van der Waals surface area (Å²) in [5, 5.41) is 9.91. The van der Waals surface area contributed by atoms with E-state index in [4.69, 9.17) is 16.7 Å². The second kappa shape index (κ2) is 6.24. The molecule has 2 aliphatic rings. The first-order chi connectivity index (χ1) is 10.1. The Labute approximate surface area is 130 Å². The largest absolute Gasteiger partial charge is 0.481 e. The third-order valence-corrected chi connectivity index (χ3v) is 4.90. The van der Waals surface area contributed by atoms with Crippen molar-refractivity contribution in [2.24, 2.45) is 5.92 Å². The molecule has 4 nitrogen and oxygen atoms in total. The van der Waals surface area contributed by atoms with Crippen LogP contribution < -0.4 is 4.90 Å². The predicted octanol–water partition coefficient (Wildman–Crippen LogP) is 2.85. The van der Waals surface area contributed by atoms with Gasteiger partial charge in [-0.2, -0.15) is 0 Å². The lowest BCUT2D eigenvalue weighted by molar-refractivity contribution is -0.141. The Morgan fingerprint density at radius 3 is 2.71 bits per heavy atom.